The van der Waals surface area contributed by atoms with Gasteiger partial charge in [-0.2, -0.15) is 0 Å². The van der Waals surface area contributed by atoms with Crippen molar-refractivity contribution in [1.29, 1.82) is 0 Å². The van der Waals surface area contributed by atoms with Crippen molar-refractivity contribution in [2.24, 2.45) is 17.8 Å². The van der Waals surface area contributed by atoms with Crippen LogP contribution in [-0.4, -0.2) is 33.8 Å². The number of benzene rings is 2. The van der Waals surface area contributed by atoms with Gasteiger partial charge in [0.2, 0.25) is 0 Å². The Morgan fingerprint density at radius 2 is 1.76 bits per heavy atom. The number of amides is 1. The third-order valence-corrected chi connectivity index (χ3v) is 7.60. The summed E-state index contributed by atoms with van der Waals surface area (Å²) < 4.78 is 15.9. The van der Waals surface area contributed by atoms with E-state index in [1.165, 1.54) is 11.8 Å². The fourth-order valence-corrected chi connectivity index (χ4v) is 6.07. The number of pyridine rings is 1. The maximum Gasteiger partial charge on any atom is 0.274 e. The Kier molecular flexibility index (Phi) is 7.74. The molecule has 198 valence electrons. The van der Waals surface area contributed by atoms with Crippen molar-refractivity contribution in [3.05, 3.63) is 95.6 Å². The number of fused-ring (bicyclic) bond motifs is 1. The van der Waals surface area contributed by atoms with E-state index in [4.69, 9.17) is 10.2 Å². The Bertz CT molecular complexity index is 1390. The average molecular weight is 515 g/mol. The van der Waals surface area contributed by atoms with E-state index in [1.54, 1.807) is 23.7 Å². The smallest absolute Gasteiger partial charge is 0.274 e. The number of nitrogens with zero attached hydrogens (tertiary/aromatic N) is 3. The van der Waals surface area contributed by atoms with Crippen LogP contribution in [0.1, 0.15) is 48.2 Å². The largest absolute Gasteiger partial charge is 0.370 e. The highest BCUT2D eigenvalue weighted by atomic mass is 19.1. The summed E-state index contributed by atoms with van der Waals surface area (Å²) in [4.78, 5) is 18.8. The quantitative estimate of drug-likeness (QED) is 0.242. The second kappa shape index (κ2) is 11.4. The van der Waals surface area contributed by atoms with Gasteiger partial charge in [-0.3, -0.25) is 10.0 Å². The molecule has 0 radical (unpaired) electrons. The molecule has 2 atom stereocenters. The van der Waals surface area contributed by atoms with Gasteiger partial charge < -0.3 is 9.47 Å². The monoisotopic (exact) mass is 514 g/mol. The summed E-state index contributed by atoms with van der Waals surface area (Å²) in [5.74, 6) is 0.908. The third-order valence-electron chi connectivity index (χ3n) is 7.60. The number of hydrogen-bond acceptors (Lipinski definition) is 4. The van der Waals surface area contributed by atoms with Crippen LogP contribution in [0.3, 0.4) is 0 Å². The van der Waals surface area contributed by atoms with Gasteiger partial charge in [0, 0.05) is 48.7 Å². The first kappa shape index (κ1) is 25.9. The summed E-state index contributed by atoms with van der Waals surface area (Å²) in [6.07, 6.45) is 7.14. The summed E-state index contributed by atoms with van der Waals surface area (Å²) in [5, 5.41) is 9.98. The van der Waals surface area contributed by atoms with Gasteiger partial charge in [0.15, 0.2) is 0 Å². The normalized spacial score (nSPS) is 20.2. The zero-order valence-electron chi connectivity index (χ0n) is 22.0. The molecule has 6 nitrogen and oxygen atoms in total. The van der Waals surface area contributed by atoms with E-state index in [2.05, 4.69) is 41.6 Å². The number of carbonyl (C=O) groups is 1. The van der Waals surface area contributed by atoms with Crippen molar-refractivity contribution < 1.29 is 14.4 Å². The standard InChI is InChI=1S/C31H35FN4O2/c1-21-14-25(16-24-4-3-5-27(32)17-24)15-22(2)19-36(18-21)29-10-12-33-30-28(29)11-13-35(30)20-23-6-8-26(9-7-23)31(37)34-38/h3-13,17,21-22,25,38H,14-16,18-20H2,1-2H3,(H,34,37). The van der Waals surface area contributed by atoms with Crippen molar-refractivity contribution in [2.45, 2.75) is 39.7 Å². The fourth-order valence-electron chi connectivity index (χ4n) is 6.07. The maximum absolute atomic E-state index is 13.7. The predicted molar refractivity (Wildman–Crippen MR) is 148 cm³/mol. The maximum atomic E-state index is 13.7. The molecule has 1 aliphatic rings. The van der Waals surface area contributed by atoms with Gasteiger partial charge in [-0.25, -0.2) is 14.9 Å². The van der Waals surface area contributed by atoms with Gasteiger partial charge in [0.1, 0.15) is 11.5 Å². The van der Waals surface area contributed by atoms with E-state index in [9.17, 15) is 9.18 Å². The van der Waals surface area contributed by atoms with Crippen molar-refractivity contribution in [2.75, 3.05) is 18.0 Å². The lowest BCUT2D eigenvalue weighted by molar-refractivity contribution is 0.0706. The fraction of sp³-hybridized carbons (Fsp3) is 0.355. The minimum Gasteiger partial charge on any atom is -0.370 e. The first-order chi connectivity index (χ1) is 18.4. The summed E-state index contributed by atoms with van der Waals surface area (Å²) in [5.41, 5.74) is 6.36. The molecule has 2 aromatic carbocycles. The van der Waals surface area contributed by atoms with Crippen LogP contribution in [0.2, 0.25) is 0 Å². The minimum atomic E-state index is -0.522. The number of aromatic nitrogens is 2. The van der Waals surface area contributed by atoms with E-state index in [0.29, 0.717) is 29.9 Å². The molecule has 4 aromatic rings. The number of anilines is 1. The molecule has 0 spiro atoms. The molecule has 3 heterocycles. The number of hydrogen-bond donors (Lipinski definition) is 2. The van der Waals surface area contributed by atoms with Gasteiger partial charge in [-0.15, -0.1) is 0 Å². The summed E-state index contributed by atoms with van der Waals surface area (Å²) >= 11 is 0. The Labute approximate surface area is 223 Å². The van der Waals surface area contributed by atoms with E-state index >= 15 is 0 Å². The molecule has 0 aliphatic carbocycles. The number of nitrogens with one attached hydrogen (secondary N) is 1. The van der Waals surface area contributed by atoms with E-state index in [0.717, 1.165) is 54.5 Å². The van der Waals surface area contributed by atoms with Gasteiger partial charge in [0.25, 0.3) is 5.91 Å². The number of rotatable bonds is 6. The Morgan fingerprint density at radius 3 is 2.45 bits per heavy atom. The third kappa shape index (κ3) is 5.89. The summed E-state index contributed by atoms with van der Waals surface area (Å²) in [7, 11) is 0. The zero-order valence-corrected chi connectivity index (χ0v) is 22.0. The van der Waals surface area contributed by atoms with E-state index in [1.807, 2.05) is 30.5 Å². The molecular formula is C31H35FN4O2. The van der Waals surface area contributed by atoms with Crippen molar-refractivity contribution in [1.82, 2.24) is 15.0 Å². The second-order valence-electron chi connectivity index (χ2n) is 10.9. The van der Waals surface area contributed by atoms with Crippen molar-refractivity contribution in [3.8, 4) is 0 Å². The lowest BCUT2D eigenvalue weighted by Gasteiger charge is -2.36. The molecule has 2 aromatic heterocycles. The zero-order chi connectivity index (χ0) is 26.6. The Balaban J connectivity index is 1.32. The first-order valence-corrected chi connectivity index (χ1v) is 13.4. The van der Waals surface area contributed by atoms with Crippen LogP contribution in [0.5, 0.6) is 0 Å². The molecule has 0 saturated carbocycles. The van der Waals surface area contributed by atoms with Crippen molar-refractivity contribution >= 4 is 22.6 Å². The summed E-state index contributed by atoms with van der Waals surface area (Å²) in [6.45, 7) is 7.23. The minimum absolute atomic E-state index is 0.152. The number of carbonyl (C=O) groups excluding carboxylic acids is 1. The average Bonchev–Trinajstić information content (AvgIpc) is 3.30. The molecule has 5 rings (SSSR count). The van der Waals surface area contributed by atoms with Gasteiger partial charge in [-0.1, -0.05) is 38.1 Å². The molecule has 38 heavy (non-hydrogen) atoms. The topological polar surface area (TPSA) is 70.4 Å². The Hall–Kier alpha value is -3.71. The highest BCUT2D eigenvalue weighted by Gasteiger charge is 2.25. The molecule has 2 N–H and O–H groups in total. The lowest BCUT2D eigenvalue weighted by atomic mass is 9.82. The van der Waals surface area contributed by atoms with E-state index in [-0.39, 0.29) is 5.82 Å². The molecule has 1 saturated heterocycles. The second-order valence-corrected chi connectivity index (χ2v) is 10.9. The molecule has 7 heteroatoms. The van der Waals surface area contributed by atoms with Crippen LogP contribution in [-0.2, 0) is 13.0 Å². The highest BCUT2D eigenvalue weighted by Crippen LogP contribution is 2.33. The summed E-state index contributed by atoms with van der Waals surface area (Å²) in [6, 6.07) is 18.5. The SMILES string of the molecule is CC1CC(Cc2cccc(F)c2)CC(C)CN(c2ccnc3c2ccn3Cc2ccc(C(=O)NO)cc2)C1. The highest BCUT2D eigenvalue weighted by molar-refractivity contribution is 5.93. The lowest BCUT2D eigenvalue weighted by Crippen LogP contribution is -2.37. The van der Waals surface area contributed by atoms with Crippen molar-refractivity contribution in [3.63, 3.8) is 0 Å². The molecule has 0 bridgehead atoms. The first-order valence-electron chi connectivity index (χ1n) is 13.4. The predicted octanol–water partition coefficient (Wildman–Crippen LogP) is 6.07. The molecule has 1 aliphatic heterocycles. The van der Waals surface area contributed by atoms with Crippen LogP contribution in [0, 0.1) is 23.6 Å². The molecular weight excluding hydrogens is 479 g/mol. The van der Waals surface area contributed by atoms with Gasteiger partial charge in [-0.05, 0) is 84.5 Å². The van der Waals surface area contributed by atoms with Crippen LogP contribution in [0.15, 0.2) is 73.1 Å². The van der Waals surface area contributed by atoms with Gasteiger partial charge >= 0.3 is 0 Å². The van der Waals surface area contributed by atoms with Crippen LogP contribution in [0.25, 0.3) is 11.0 Å². The van der Waals surface area contributed by atoms with Crippen LogP contribution < -0.4 is 10.4 Å². The van der Waals surface area contributed by atoms with Crippen LogP contribution >= 0.6 is 0 Å². The molecule has 1 fully saturated rings. The Morgan fingerprint density at radius 1 is 1.03 bits per heavy atom. The van der Waals surface area contributed by atoms with E-state index < -0.39 is 5.91 Å². The van der Waals surface area contributed by atoms with Crippen LogP contribution in [0.4, 0.5) is 10.1 Å². The number of halogens is 1. The number of hydroxylamine groups is 1. The molecule has 2 unspecified atom stereocenters. The van der Waals surface area contributed by atoms with Gasteiger partial charge in [0.05, 0.1) is 0 Å². The molecule has 1 amide bonds.